The molecule has 13 heteroatoms. The van der Waals surface area contributed by atoms with E-state index in [4.69, 9.17) is 26.8 Å². The van der Waals surface area contributed by atoms with Gasteiger partial charge in [-0.25, -0.2) is 4.79 Å². The molecule has 0 aliphatic carbocycles. The molecule has 0 bridgehead atoms. The Morgan fingerprint density at radius 1 is 1.26 bits per heavy atom. The van der Waals surface area contributed by atoms with Gasteiger partial charge >= 0.3 is 5.97 Å². The van der Waals surface area contributed by atoms with Crippen LogP contribution in [0.15, 0.2) is 23.4 Å². The lowest BCUT2D eigenvalue weighted by atomic mass is 10.1. The number of nitrogens with one attached hydrogen (secondary N) is 1. The molecule has 0 atom stereocenters. The highest BCUT2D eigenvalue weighted by molar-refractivity contribution is 7.99. The van der Waals surface area contributed by atoms with Crippen LogP contribution in [0, 0.1) is 13.8 Å². The number of nitrogens with zero attached hydrogens (tertiary/aromatic N) is 3. The average Bonchev–Trinajstić information content (AvgIpc) is 3.37. The van der Waals surface area contributed by atoms with Crippen molar-refractivity contribution in [3.63, 3.8) is 0 Å². The van der Waals surface area contributed by atoms with Gasteiger partial charge in [-0.3, -0.25) is 9.59 Å². The first-order chi connectivity index (χ1) is 16.7. The number of carbonyl (C=O) groups is 3. The van der Waals surface area contributed by atoms with Crippen molar-refractivity contribution in [1.29, 1.82) is 0 Å². The number of nitrogens with two attached hydrogens (primary N) is 1. The van der Waals surface area contributed by atoms with Crippen molar-refractivity contribution in [3.8, 4) is 5.75 Å². The van der Waals surface area contributed by atoms with E-state index in [1.807, 2.05) is 24.5 Å². The van der Waals surface area contributed by atoms with Crippen molar-refractivity contribution < 1.29 is 23.9 Å². The average molecular weight is 538 g/mol. The number of hydrogen-bond acceptors (Lipinski definition) is 9. The van der Waals surface area contributed by atoms with Crippen molar-refractivity contribution in [2.24, 2.45) is 5.73 Å². The van der Waals surface area contributed by atoms with E-state index in [2.05, 4.69) is 15.5 Å². The van der Waals surface area contributed by atoms with Crippen molar-refractivity contribution in [2.75, 3.05) is 18.2 Å². The Balaban J connectivity index is 1.67. The van der Waals surface area contributed by atoms with Gasteiger partial charge in [0.15, 0.2) is 11.0 Å². The summed E-state index contributed by atoms with van der Waals surface area (Å²) < 4.78 is 12.4. The molecule has 0 saturated heterocycles. The quantitative estimate of drug-likeness (QED) is 0.294. The predicted molar refractivity (Wildman–Crippen MR) is 134 cm³/mol. The molecule has 186 valence electrons. The van der Waals surface area contributed by atoms with E-state index in [-0.39, 0.29) is 27.8 Å². The smallest absolute Gasteiger partial charge is 0.341 e. The summed E-state index contributed by atoms with van der Waals surface area (Å²) in [7, 11) is 1.22. The third kappa shape index (κ3) is 6.13. The third-order valence-corrected chi connectivity index (χ3v) is 7.57. The fourth-order valence-electron chi connectivity index (χ4n) is 3.18. The zero-order valence-electron chi connectivity index (χ0n) is 19.5. The molecule has 2 heterocycles. The minimum atomic E-state index is -0.688. The van der Waals surface area contributed by atoms with Crippen LogP contribution < -0.4 is 15.8 Å². The summed E-state index contributed by atoms with van der Waals surface area (Å²) in [6, 6.07) is 5.39. The predicted octanol–water partition coefficient (Wildman–Crippen LogP) is 3.83. The molecule has 0 fully saturated rings. The van der Waals surface area contributed by atoms with Gasteiger partial charge in [-0.2, -0.15) is 0 Å². The van der Waals surface area contributed by atoms with E-state index in [0.717, 1.165) is 16.9 Å². The molecule has 0 aliphatic rings. The summed E-state index contributed by atoms with van der Waals surface area (Å²) in [6.07, 6.45) is 0. The number of esters is 1. The summed E-state index contributed by atoms with van der Waals surface area (Å²) in [5.41, 5.74) is 6.76. The summed E-state index contributed by atoms with van der Waals surface area (Å²) in [5, 5.41) is 12.4. The number of thiophene rings is 1. The number of aromatic nitrogens is 3. The number of halogens is 1. The Morgan fingerprint density at radius 3 is 2.63 bits per heavy atom. The molecule has 35 heavy (non-hydrogen) atoms. The van der Waals surface area contributed by atoms with Crippen LogP contribution in [0.25, 0.3) is 0 Å². The van der Waals surface area contributed by atoms with Gasteiger partial charge in [0.05, 0.1) is 23.3 Å². The molecule has 0 saturated carbocycles. The Morgan fingerprint density at radius 2 is 2.00 bits per heavy atom. The van der Waals surface area contributed by atoms with Crippen molar-refractivity contribution >= 4 is 57.5 Å². The maximum atomic E-state index is 12.6. The minimum Gasteiger partial charge on any atom is -0.486 e. The van der Waals surface area contributed by atoms with E-state index in [1.165, 1.54) is 18.9 Å². The standard InChI is InChI=1S/C22H24ClN5O5S2/c1-5-28-15(9-33-13-6-7-14(23)11(2)8-13)26-27-22(28)34-10-16(29)25-20-17(21(31)32-4)12(3)18(35-20)19(24)30/h6-8H,5,9-10H2,1-4H3,(H2,24,30)(H,25,29). The third-order valence-electron chi connectivity index (χ3n) is 4.95. The molecule has 10 nitrogen and oxygen atoms in total. The Bertz CT molecular complexity index is 1270. The molecule has 3 N–H and O–H groups in total. The highest BCUT2D eigenvalue weighted by Gasteiger charge is 2.25. The van der Waals surface area contributed by atoms with Gasteiger partial charge in [0.25, 0.3) is 5.91 Å². The number of thioether (sulfide) groups is 1. The number of methoxy groups -OCH3 is 1. The lowest BCUT2D eigenvalue weighted by Gasteiger charge is -2.10. The molecule has 0 aliphatic heterocycles. The number of carbonyl (C=O) groups excluding carboxylic acids is 3. The van der Waals surface area contributed by atoms with E-state index >= 15 is 0 Å². The van der Waals surface area contributed by atoms with Crippen molar-refractivity contribution in [1.82, 2.24) is 14.8 Å². The monoisotopic (exact) mass is 537 g/mol. The first-order valence-corrected chi connectivity index (χ1v) is 12.6. The van der Waals surface area contributed by atoms with E-state index in [1.54, 1.807) is 19.1 Å². The maximum absolute atomic E-state index is 12.6. The molecule has 1 aromatic carbocycles. The number of amides is 2. The van der Waals surface area contributed by atoms with Crippen LogP contribution >= 0.6 is 34.7 Å². The minimum absolute atomic E-state index is 0.00116. The first kappa shape index (κ1) is 26.5. The number of anilines is 1. The molecule has 0 spiro atoms. The second-order valence-corrected chi connectivity index (χ2v) is 9.67. The number of primary amides is 1. The van der Waals surface area contributed by atoms with Gasteiger partial charge in [0, 0.05) is 11.6 Å². The summed E-state index contributed by atoms with van der Waals surface area (Å²) in [5.74, 6) is -0.478. The fraction of sp³-hybridized carbons (Fsp3) is 0.318. The zero-order chi connectivity index (χ0) is 25.7. The Labute approximate surface area is 215 Å². The van der Waals surface area contributed by atoms with Crippen LogP contribution in [0.2, 0.25) is 5.02 Å². The molecule has 2 aromatic heterocycles. The largest absolute Gasteiger partial charge is 0.486 e. The Hall–Kier alpha value is -3.09. The highest BCUT2D eigenvalue weighted by Crippen LogP contribution is 2.33. The van der Waals surface area contributed by atoms with E-state index in [9.17, 15) is 14.4 Å². The fourth-order valence-corrected chi connectivity index (χ4v) is 5.18. The second-order valence-electron chi connectivity index (χ2n) is 7.30. The molecule has 0 radical (unpaired) electrons. The lowest BCUT2D eigenvalue weighted by molar-refractivity contribution is -0.113. The van der Waals surface area contributed by atoms with Gasteiger partial charge in [-0.1, -0.05) is 23.4 Å². The van der Waals surface area contributed by atoms with Crippen molar-refractivity contribution in [3.05, 3.63) is 50.6 Å². The van der Waals surface area contributed by atoms with Gasteiger partial charge in [0.2, 0.25) is 5.91 Å². The molecule has 2 amide bonds. The first-order valence-electron chi connectivity index (χ1n) is 10.4. The second kappa shape index (κ2) is 11.6. The highest BCUT2D eigenvalue weighted by atomic mass is 35.5. The number of rotatable bonds is 10. The van der Waals surface area contributed by atoms with E-state index in [0.29, 0.717) is 33.9 Å². The van der Waals surface area contributed by atoms with Crippen molar-refractivity contribution in [2.45, 2.75) is 39.1 Å². The topological polar surface area (TPSA) is 138 Å². The maximum Gasteiger partial charge on any atom is 0.341 e. The zero-order valence-corrected chi connectivity index (χ0v) is 21.9. The Kier molecular flexibility index (Phi) is 8.76. The van der Waals surface area contributed by atoms with Gasteiger partial charge in [-0.05, 0) is 50.1 Å². The van der Waals surface area contributed by atoms with Crippen LogP contribution in [0.1, 0.15) is 43.9 Å². The molecular weight excluding hydrogens is 514 g/mol. The molecule has 3 aromatic rings. The molecule has 0 unspecified atom stereocenters. The van der Waals surface area contributed by atoms with Crippen LogP contribution in [-0.4, -0.2) is 45.4 Å². The summed E-state index contributed by atoms with van der Waals surface area (Å²) >= 11 is 8.17. The number of ether oxygens (including phenoxy) is 2. The number of hydrogen-bond donors (Lipinski definition) is 2. The molecular formula is C22H24ClN5O5S2. The van der Waals surface area contributed by atoms with Crippen LogP contribution in [0.5, 0.6) is 5.75 Å². The lowest BCUT2D eigenvalue weighted by Crippen LogP contribution is -2.16. The van der Waals surface area contributed by atoms with Crippen LogP contribution in [-0.2, 0) is 22.7 Å². The summed E-state index contributed by atoms with van der Waals surface area (Å²) in [4.78, 5) is 36.7. The number of aryl methyl sites for hydroxylation is 1. The van der Waals surface area contributed by atoms with Crippen LogP contribution in [0.4, 0.5) is 5.00 Å². The summed E-state index contributed by atoms with van der Waals surface area (Å²) in [6.45, 7) is 6.18. The van der Waals surface area contributed by atoms with E-state index < -0.39 is 17.8 Å². The van der Waals surface area contributed by atoms with Gasteiger partial charge < -0.3 is 25.1 Å². The number of benzene rings is 1. The molecule has 3 rings (SSSR count). The normalized spacial score (nSPS) is 10.8. The van der Waals surface area contributed by atoms with Crippen LogP contribution in [0.3, 0.4) is 0 Å². The van der Waals surface area contributed by atoms with Gasteiger partial charge in [-0.15, -0.1) is 21.5 Å². The SMILES string of the molecule is CCn1c(COc2ccc(Cl)c(C)c2)nnc1SCC(=O)Nc1sc(C(N)=O)c(C)c1C(=O)OC. The van der Waals surface area contributed by atoms with Gasteiger partial charge in [0.1, 0.15) is 17.4 Å².